The number of hydrogen-bond donors (Lipinski definition) is 0. The maximum Gasteiger partial charge on any atom is 0.312 e. The molecule has 0 aliphatic carbocycles. The highest BCUT2D eigenvalue weighted by Crippen LogP contribution is 2.20. The Morgan fingerprint density at radius 3 is 2.80 bits per heavy atom. The third kappa shape index (κ3) is 2.63. The number of Topliss-reactive ketones (excluding diaryl/α,β-unsaturated/α-hetero) is 1. The molecule has 2 aromatic rings. The number of carbonyl (C=O) groups is 1. The van der Waals surface area contributed by atoms with E-state index >= 15 is 0 Å². The molecular weight excluding hydrogens is 270 g/mol. The molecular formula is C15H14N3OS+. The van der Waals surface area contributed by atoms with E-state index in [1.54, 1.807) is 6.34 Å². The SMILES string of the molecule is C[N+]1=CN=NC1SCC(=O)c1ccc2ccccc2c1. The number of benzene rings is 2. The first-order valence-electron chi connectivity index (χ1n) is 6.33. The van der Waals surface area contributed by atoms with Crippen LogP contribution >= 0.6 is 11.8 Å². The lowest BCUT2D eigenvalue weighted by atomic mass is 10.1. The minimum Gasteiger partial charge on any atom is -0.293 e. The Bertz CT molecular complexity index is 724. The van der Waals surface area contributed by atoms with Gasteiger partial charge < -0.3 is 0 Å². The van der Waals surface area contributed by atoms with Crippen LogP contribution in [0.15, 0.2) is 52.7 Å². The summed E-state index contributed by atoms with van der Waals surface area (Å²) in [5.41, 5.74) is 0.664. The van der Waals surface area contributed by atoms with E-state index in [4.69, 9.17) is 0 Å². The minimum atomic E-state index is -0.0839. The number of rotatable bonds is 4. The van der Waals surface area contributed by atoms with Gasteiger partial charge in [-0.3, -0.25) is 4.79 Å². The molecule has 0 saturated heterocycles. The average Bonchev–Trinajstić information content (AvgIpc) is 2.89. The zero-order chi connectivity index (χ0) is 13.9. The van der Waals surface area contributed by atoms with Crippen LogP contribution in [0.2, 0.25) is 0 Å². The minimum absolute atomic E-state index is 0.0839. The Labute approximate surface area is 121 Å². The highest BCUT2D eigenvalue weighted by molar-refractivity contribution is 8.00. The van der Waals surface area contributed by atoms with Gasteiger partial charge in [-0.1, -0.05) is 48.2 Å². The first kappa shape index (κ1) is 13.0. The maximum absolute atomic E-state index is 12.2. The van der Waals surface area contributed by atoms with Crippen LogP contribution in [0.5, 0.6) is 0 Å². The Morgan fingerprint density at radius 2 is 2.05 bits per heavy atom. The lowest BCUT2D eigenvalue weighted by Crippen LogP contribution is -2.16. The monoisotopic (exact) mass is 284 g/mol. The van der Waals surface area contributed by atoms with E-state index in [-0.39, 0.29) is 11.3 Å². The lowest BCUT2D eigenvalue weighted by Gasteiger charge is -2.05. The second-order valence-electron chi connectivity index (χ2n) is 4.63. The van der Waals surface area contributed by atoms with Crippen LogP contribution in [0.25, 0.3) is 10.8 Å². The summed E-state index contributed by atoms with van der Waals surface area (Å²) < 4.78 is 1.89. The van der Waals surface area contributed by atoms with Crippen LogP contribution in [0.1, 0.15) is 10.4 Å². The molecule has 1 aliphatic heterocycles. The maximum atomic E-state index is 12.2. The lowest BCUT2D eigenvalue weighted by molar-refractivity contribution is -0.500. The van der Waals surface area contributed by atoms with Crippen molar-refractivity contribution in [3.63, 3.8) is 0 Å². The van der Waals surface area contributed by atoms with Crippen LogP contribution in [0, 0.1) is 0 Å². The molecule has 1 heterocycles. The summed E-state index contributed by atoms with van der Waals surface area (Å²) in [4.78, 5) is 12.2. The number of thioether (sulfide) groups is 1. The van der Waals surface area contributed by atoms with E-state index < -0.39 is 0 Å². The fraction of sp³-hybridized carbons (Fsp3) is 0.200. The first-order valence-corrected chi connectivity index (χ1v) is 7.38. The molecule has 1 atom stereocenters. The second kappa shape index (κ2) is 5.54. The molecule has 0 saturated carbocycles. The molecule has 4 nitrogen and oxygen atoms in total. The first-order chi connectivity index (χ1) is 9.74. The van der Waals surface area contributed by atoms with Crippen LogP contribution in [0.4, 0.5) is 0 Å². The Balaban J connectivity index is 1.72. The van der Waals surface area contributed by atoms with E-state index in [0.29, 0.717) is 5.75 Å². The third-order valence-corrected chi connectivity index (χ3v) is 4.34. The van der Waals surface area contributed by atoms with Gasteiger partial charge in [-0.25, -0.2) is 4.58 Å². The van der Waals surface area contributed by atoms with E-state index in [0.717, 1.165) is 16.3 Å². The average molecular weight is 284 g/mol. The predicted octanol–water partition coefficient (Wildman–Crippen LogP) is 3.18. The smallest absolute Gasteiger partial charge is 0.293 e. The summed E-state index contributed by atoms with van der Waals surface area (Å²) in [5.74, 6) is 0.525. The molecule has 3 rings (SSSR count). The van der Waals surface area contributed by atoms with Crippen molar-refractivity contribution in [3.05, 3.63) is 48.0 Å². The summed E-state index contributed by atoms with van der Waals surface area (Å²) in [6, 6.07) is 13.9. The fourth-order valence-corrected chi connectivity index (χ4v) is 2.93. The summed E-state index contributed by atoms with van der Waals surface area (Å²) >= 11 is 1.49. The normalized spacial score (nSPS) is 17.4. The summed E-state index contributed by atoms with van der Waals surface area (Å²) in [7, 11) is 1.90. The molecule has 0 fully saturated rings. The number of fused-ring (bicyclic) bond motifs is 1. The van der Waals surface area contributed by atoms with Crippen molar-refractivity contribution >= 4 is 34.7 Å². The van der Waals surface area contributed by atoms with Crippen molar-refractivity contribution in [1.82, 2.24) is 0 Å². The number of azo groups is 1. The zero-order valence-electron chi connectivity index (χ0n) is 11.1. The Morgan fingerprint density at radius 1 is 1.25 bits per heavy atom. The van der Waals surface area contributed by atoms with E-state index in [9.17, 15) is 4.79 Å². The molecule has 0 radical (unpaired) electrons. The highest BCUT2D eigenvalue weighted by atomic mass is 32.2. The fourth-order valence-electron chi connectivity index (χ4n) is 2.05. The van der Waals surface area contributed by atoms with Crippen molar-refractivity contribution in [2.75, 3.05) is 12.8 Å². The van der Waals surface area contributed by atoms with Gasteiger partial charge in [0.05, 0.1) is 17.9 Å². The van der Waals surface area contributed by atoms with Crippen molar-refractivity contribution < 1.29 is 9.37 Å². The molecule has 0 aromatic heterocycles. The summed E-state index contributed by atoms with van der Waals surface area (Å²) in [6.07, 6.45) is 1.66. The van der Waals surface area contributed by atoms with Crippen LogP contribution in [-0.2, 0) is 0 Å². The van der Waals surface area contributed by atoms with Crippen molar-refractivity contribution in [2.45, 2.75) is 5.50 Å². The largest absolute Gasteiger partial charge is 0.312 e. The van der Waals surface area contributed by atoms with Gasteiger partial charge in [0.2, 0.25) is 0 Å². The topological polar surface area (TPSA) is 44.8 Å². The third-order valence-electron chi connectivity index (χ3n) is 3.18. The van der Waals surface area contributed by atoms with Gasteiger partial charge in [0, 0.05) is 5.56 Å². The Kier molecular flexibility index (Phi) is 3.60. The Hall–Kier alpha value is -2.01. The molecule has 0 spiro atoms. The molecule has 1 unspecified atom stereocenters. The predicted molar refractivity (Wildman–Crippen MR) is 81.6 cm³/mol. The molecule has 0 N–H and O–H groups in total. The molecule has 1 aliphatic rings. The molecule has 100 valence electrons. The number of carbonyl (C=O) groups excluding carboxylic acids is 1. The van der Waals surface area contributed by atoms with Gasteiger partial charge in [0.15, 0.2) is 5.78 Å². The molecule has 0 amide bonds. The van der Waals surface area contributed by atoms with Gasteiger partial charge in [0.1, 0.15) is 0 Å². The number of ketones is 1. The van der Waals surface area contributed by atoms with Crippen LogP contribution in [0.3, 0.4) is 0 Å². The highest BCUT2D eigenvalue weighted by Gasteiger charge is 2.22. The van der Waals surface area contributed by atoms with Gasteiger partial charge in [-0.15, -0.1) is 0 Å². The number of nitrogens with zero attached hydrogens (tertiary/aromatic N) is 3. The van der Waals surface area contributed by atoms with Gasteiger partial charge in [-0.05, 0) is 22.0 Å². The van der Waals surface area contributed by atoms with Crippen molar-refractivity contribution in [2.24, 2.45) is 10.2 Å². The standard InChI is InChI=1S/C15H14N3OS/c1-18-10-16-17-15(18)20-9-14(19)13-7-6-11-4-2-3-5-12(11)8-13/h2-8,10,15H,9H2,1H3/q+1. The molecule has 20 heavy (non-hydrogen) atoms. The quantitative estimate of drug-likeness (QED) is 0.639. The van der Waals surface area contributed by atoms with E-state index in [1.807, 2.05) is 54.1 Å². The molecule has 5 heteroatoms. The summed E-state index contributed by atoms with van der Waals surface area (Å²) in [6.45, 7) is 0. The number of hydrogen-bond acceptors (Lipinski definition) is 4. The van der Waals surface area contributed by atoms with Gasteiger partial charge >= 0.3 is 6.34 Å². The second-order valence-corrected chi connectivity index (χ2v) is 5.68. The van der Waals surface area contributed by atoms with Gasteiger partial charge in [0.25, 0.3) is 5.50 Å². The van der Waals surface area contributed by atoms with Crippen LogP contribution in [-0.4, -0.2) is 35.0 Å². The van der Waals surface area contributed by atoms with E-state index in [1.165, 1.54) is 11.8 Å². The molecule has 0 bridgehead atoms. The van der Waals surface area contributed by atoms with E-state index in [2.05, 4.69) is 10.2 Å². The van der Waals surface area contributed by atoms with Crippen molar-refractivity contribution in [1.29, 1.82) is 0 Å². The van der Waals surface area contributed by atoms with Gasteiger partial charge in [-0.2, -0.15) is 0 Å². The molecule has 2 aromatic carbocycles. The zero-order valence-corrected chi connectivity index (χ0v) is 11.9. The van der Waals surface area contributed by atoms with Crippen molar-refractivity contribution in [3.8, 4) is 0 Å². The van der Waals surface area contributed by atoms with Crippen LogP contribution < -0.4 is 0 Å². The summed E-state index contributed by atoms with van der Waals surface area (Å²) in [5, 5.41) is 10.1.